The lowest BCUT2D eigenvalue weighted by Crippen LogP contribution is -2.53. The molecular weight excluding hydrogens is 468 g/mol. The van der Waals surface area contributed by atoms with Gasteiger partial charge in [-0.25, -0.2) is 4.79 Å². The fourth-order valence-corrected chi connectivity index (χ4v) is 5.01. The highest BCUT2D eigenvalue weighted by atomic mass is 16.5. The zero-order valence-corrected chi connectivity index (χ0v) is 19.9. The normalized spacial score (nSPS) is 24.3. The van der Waals surface area contributed by atoms with Crippen molar-refractivity contribution in [3.05, 3.63) is 58.5 Å². The van der Waals surface area contributed by atoms with Crippen LogP contribution in [0.15, 0.2) is 46.1 Å². The molecule has 1 saturated heterocycles. The Balaban J connectivity index is 1.97. The van der Waals surface area contributed by atoms with Gasteiger partial charge in [-0.15, -0.1) is 0 Å². The summed E-state index contributed by atoms with van der Waals surface area (Å²) in [4.78, 5) is 13.2. The Hall–Kier alpha value is -3.63. The highest BCUT2D eigenvalue weighted by Gasteiger charge is 2.43. The first kappa shape index (κ1) is 24.1. The van der Waals surface area contributed by atoms with Crippen molar-refractivity contribution in [2.24, 2.45) is 0 Å². The van der Waals surface area contributed by atoms with Gasteiger partial charge in [0.25, 0.3) is 0 Å². The van der Waals surface area contributed by atoms with Crippen molar-refractivity contribution in [1.29, 1.82) is 0 Å². The van der Waals surface area contributed by atoms with Gasteiger partial charge in [0.2, 0.25) is 0 Å². The number of aromatic hydroxyl groups is 1. The van der Waals surface area contributed by atoms with Crippen LogP contribution >= 0.6 is 0 Å². The third-order valence-electron chi connectivity index (χ3n) is 6.85. The molecule has 1 aliphatic heterocycles. The van der Waals surface area contributed by atoms with Crippen LogP contribution < -0.4 is 15.1 Å². The predicted octanol–water partition coefficient (Wildman–Crippen LogP) is 3.01. The van der Waals surface area contributed by atoms with Gasteiger partial charge in [-0.2, -0.15) is 0 Å². The molecule has 5 atom stereocenters. The number of rotatable bonds is 4. The number of hydrogen-bond acceptors (Lipinski definition) is 9. The van der Waals surface area contributed by atoms with Gasteiger partial charge < -0.3 is 39.1 Å². The van der Waals surface area contributed by atoms with Crippen molar-refractivity contribution in [3.63, 3.8) is 0 Å². The number of fused-ring (bicyclic) bond motifs is 5. The van der Waals surface area contributed by atoms with E-state index in [0.29, 0.717) is 27.6 Å². The minimum Gasteiger partial charge on any atom is -0.507 e. The molecule has 0 saturated carbocycles. The molecule has 1 aromatic heterocycles. The Morgan fingerprint density at radius 1 is 0.917 bits per heavy atom. The molecule has 2 heterocycles. The SMILES string of the molecule is C=Cc1cc(OC)c2c(c1)c(=O)oc1c2cc(OC)c2c(O)ccc([C@@H]3OC(C)[C@H](O)C(O)C3O)c21. The molecule has 9 heteroatoms. The number of benzene rings is 3. The van der Waals surface area contributed by atoms with Crippen LogP contribution in [0.5, 0.6) is 17.2 Å². The summed E-state index contributed by atoms with van der Waals surface area (Å²) < 4.78 is 22.9. The van der Waals surface area contributed by atoms with E-state index in [9.17, 15) is 25.2 Å². The fourth-order valence-electron chi connectivity index (χ4n) is 5.01. The average Bonchev–Trinajstić information content (AvgIpc) is 2.89. The second-order valence-corrected chi connectivity index (χ2v) is 8.85. The Bertz CT molecular complexity index is 1570. The quantitative estimate of drug-likeness (QED) is 0.249. The van der Waals surface area contributed by atoms with Gasteiger partial charge in [0, 0.05) is 16.2 Å². The summed E-state index contributed by atoms with van der Waals surface area (Å²) in [6.07, 6.45) is -4.60. The molecule has 0 amide bonds. The Kier molecular flexibility index (Phi) is 5.88. The van der Waals surface area contributed by atoms with Crippen LogP contribution in [-0.4, -0.2) is 59.1 Å². The molecule has 0 radical (unpaired) electrons. The maximum absolute atomic E-state index is 13.2. The zero-order valence-electron chi connectivity index (χ0n) is 19.9. The summed E-state index contributed by atoms with van der Waals surface area (Å²) in [5.41, 5.74) is 0.468. The van der Waals surface area contributed by atoms with Crippen LogP contribution in [0.3, 0.4) is 0 Å². The lowest BCUT2D eigenvalue weighted by Gasteiger charge is -2.40. The van der Waals surface area contributed by atoms with Crippen molar-refractivity contribution in [2.45, 2.75) is 37.4 Å². The first-order chi connectivity index (χ1) is 17.2. The molecule has 188 valence electrons. The Morgan fingerprint density at radius 3 is 2.28 bits per heavy atom. The van der Waals surface area contributed by atoms with Gasteiger partial charge in [-0.3, -0.25) is 0 Å². The number of phenols is 1. The summed E-state index contributed by atoms with van der Waals surface area (Å²) in [7, 11) is 2.92. The second kappa shape index (κ2) is 8.79. The molecule has 0 aliphatic carbocycles. The summed E-state index contributed by atoms with van der Waals surface area (Å²) in [5, 5.41) is 43.9. The molecule has 4 N–H and O–H groups in total. The smallest absolute Gasteiger partial charge is 0.344 e. The van der Waals surface area contributed by atoms with Crippen molar-refractivity contribution in [3.8, 4) is 17.2 Å². The van der Waals surface area contributed by atoms with E-state index in [1.807, 2.05) is 0 Å². The van der Waals surface area contributed by atoms with Gasteiger partial charge in [0.15, 0.2) is 0 Å². The van der Waals surface area contributed by atoms with Gasteiger partial charge in [-0.05, 0) is 42.3 Å². The minimum absolute atomic E-state index is 0.114. The highest BCUT2D eigenvalue weighted by Crippen LogP contribution is 2.47. The molecule has 4 aromatic rings. The number of hydrogen-bond donors (Lipinski definition) is 4. The molecule has 36 heavy (non-hydrogen) atoms. The van der Waals surface area contributed by atoms with Gasteiger partial charge >= 0.3 is 5.63 Å². The second-order valence-electron chi connectivity index (χ2n) is 8.85. The van der Waals surface area contributed by atoms with E-state index in [4.69, 9.17) is 18.6 Å². The van der Waals surface area contributed by atoms with Crippen molar-refractivity contribution in [1.82, 2.24) is 0 Å². The third-order valence-corrected chi connectivity index (χ3v) is 6.85. The molecule has 3 unspecified atom stereocenters. The van der Waals surface area contributed by atoms with Crippen LogP contribution in [0.2, 0.25) is 0 Å². The lowest BCUT2D eigenvalue weighted by molar-refractivity contribution is -0.219. The van der Waals surface area contributed by atoms with Gasteiger partial charge in [-0.1, -0.05) is 18.7 Å². The third kappa shape index (κ3) is 3.43. The first-order valence-corrected chi connectivity index (χ1v) is 11.3. The van der Waals surface area contributed by atoms with Crippen LogP contribution in [-0.2, 0) is 4.74 Å². The van der Waals surface area contributed by atoms with E-state index in [-0.39, 0.29) is 33.2 Å². The van der Waals surface area contributed by atoms with Crippen LogP contribution in [0, 0.1) is 0 Å². The molecule has 5 rings (SSSR count). The summed E-state index contributed by atoms with van der Waals surface area (Å²) >= 11 is 0. The zero-order chi connectivity index (χ0) is 25.9. The molecule has 0 spiro atoms. The van der Waals surface area contributed by atoms with E-state index in [2.05, 4.69) is 6.58 Å². The maximum atomic E-state index is 13.2. The topological polar surface area (TPSA) is 139 Å². The Labute approximate surface area is 205 Å². The molecular formula is C27H26O9. The number of phenolic OH excluding ortho intramolecular Hbond substituents is 1. The van der Waals surface area contributed by atoms with E-state index in [1.54, 1.807) is 31.2 Å². The molecule has 1 aliphatic rings. The van der Waals surface area contributed by atoms with Gasteiger partial charge in [0.05, 0.1) is 31.1 Å². The van der Waals surface area contributed by atoms with Crippen molar-refractivity contribution in [2.75, 3.05) is 14.2 Å². The molecule has 3 aromatic carbocycles. The van der Waals surface area contributed by atoms with Crippen LogP contribution in [0.4, 0.5) is 0 Å². The maximum Gasteiger partial charge on any atom is 0.344 e. The van der Waals surface area contributed by atoms with Crippen LogP contribution in [0.1, 0.15) is 24.2 Å². The van der Waals surface area contributed by atoms with E-state index in [0.717, 1.165) is 0 Å². The Morgan fingerprint density at radius 2 is 1.61 bits per heavy atom. The number of aliphatic hydroxyl groups is 3. The average molecular weight is 494 g/mol. The van der Waals surface area contributed by atoms with E-state index in [1.165, 1.54) is 26.4 Å². The molecule has 9 nitrogen and oxygen atoms in total. The lowest BCUT2D eigenvalue weighted by atomic mass is 9.88. The number of methoxy groups -OCH3 is 2. The fraction of sp³-hybridized carbons (Fsp3) is 0.296. The summed E-state index contributed by atoms with van der Waals surface area (Å²) in [5.74, 6) is 0.536. The summed E-state index contributed by atoms with van der Waals surface area (Å²) in [6.45, 7) is 5.33. The first-order valence-electron chi connectivity index (χ1n) is 11.3. The van der Waals surface area contributed by atoms with E-state index < -0.39 is 36.1 Å². The predicted molar refractivity (Wildman–Crippen MR) is 134 cm³/mol. The van der Waals surface area contributed by atoms with Crippen molar-refractivity contribution >= 4 is 38.6 Å². The van der Waals surface area contributed by atoms with Crippen molar-refractivity contribution < 1.29 is 39.1 Å². The number of aliphatic hydroxyl groups excluding tert-OH is 3. The monoisotopic (exact) mass is 494 g/mol. The standard InChI is InChI=1S/C27H26O9/c1-5-12-8-15-19(17(9-12)33-3)14-10-18(34-4)21-16(28)7-6-13(20(21)25(14)36-27(15)32)26-24(31)23(30)22(29)11(2)35-26/h5-11,22-24,26,28-31H,1H2,2-4H3/t11?,22-,23?,24?,26-/m0/s1. The minimum atomic E-state index is -1.50. The van der Waals surface area contributed by atoms with E-state index >= 15 is 0 Å². The summed E-state index contributed by atoms with van der Waals surface area (Å²) in [6, 6.07) is 7.94. The van der Waals surface area contributed by atoms with Gasteiger partial charge in [0.1, 0.15) is 47.2 Å². The highest BCUT2D eigenvalue weighted by molar-refractivity contribution is 6.19. The number of ether oxygens (including phenoxy) is 3. The largest absolute Gasteiger partial charge is 0.507 e. The van der Waals surface area contributed by atoms with Crippen LogP contribution in [0.25, 0.3) is 38.6 Å². The molecule has 1 fully saturated rings. The molecule has 0 bridgehead atoms.